The fraction of sp³-hybridized carbons (Fsp3) is 0.250. The highest BCUT2D eigenvalue weighted by molar-refractivity contribution is 6.44. The van der Waals surface area contributed by atoms with Crippen molar-refractivity contribution in [3.05, 3.63) is 32.3 Å². The molecule has 0 saturated carbocycles. The van der Waals surface area contributed by atoms with Crippen LogP contribution >= 0.6 is 46.4 Å². The molecule has 0 unspecified atom stereocenters. The topological polar surface area (TPSA) is 0 Å². The molecule has 0 aliphatic carbocycles. The number of benzene rings is 1. The van der Waals surface area contributed by atoms with Crippen LogP contribution in [0.25, 0.3) is 0 Å². The van der Waals surface area contributed by atoms with Gasteiger partial charge in [-0.05, 0) is 24.1 Å². The molecular formula is C8H6Cl4. The number of hydrogen-bond donors (Lipinski definition) is 0. The van der Waals surface area contributed by atoms with E-state index in [0.717, 1.165) is 11.1 Å². The first kappa shape index (κ1) is 10.5. The molecule has 0 heterocycles. The van der Waals surface area contributed by atoms with Crippen molar-refractivity contribution in [3.8, 4) is 0 Å². The van der Waals surface area contributed by atoms with E-state index in [4.69, 9.17) is 46.4 Å². The molecule has 0 spiro atoms. The van der Waals surface area contributed by atoms with Gasteiger partial charge in [0.05, 0.1) is 10.0 Å². The van der Waals surface area contributed by atoms with Gasteiger partial charge in [-0.15, -0.1) is 11.6 Å². The summed E-state index contributed by atoms with van der Waals surface area (Å²) in [6.45, 7) is 1.86. The van der Waals surface area contributed by atoms with Crippen molar-refractivity contribution in [2.24, 2.45) is 0 Å². The Kier molecular flexibility index (Phi) is 3.54. The maximum absolute atomic E-state index is 5.90. The van der Waals surface area contributed by atoms with Crippen LogP contribution in [0.5, 0.6) is 0 Å². The normalized spacial score (nSPS) is 10.4. The lowest BCUT2D eigenvalue weighted by molar-refractivity contribution is 1.30. The van der Waals surface area contributed by atoms with Crippen LogP contribution in [-0.4, -0.2) is 0 Å². The molecular weight excluding hydrogens is 238 g/mol. The Labute approximate surface area is 91.4 Å². The molecule has 0 amide bonds. The molecule has 4 heteroatoms. The van der Waals surface area contributed by atoms with Gasteiger partial charge in [0.25, 0.3) is 0 Å². The molecule has 0 saturated heterocycles. The van der Waals surface area contributed by atoms with Gasteiger partial charge in [0, 0.05) is 10.9 Å². The Bertz CT molecular complexity index is 280. The second-order valence-corrected chi connectivity index (χ2v) is 3.85. The lowest BCUT2D eigenvalue weighted by Crippen LogP contribution is -1.88. The van der Waals surface area contributed by atoms with Crippen molar-refractivity contribution in [1.29, 1.82) is 0 Å². The first-order chi connectivity index (χ1) is 5.57. The number of halogens is 4. The molecule has 0 bridgehead atoms. The molecule has 0 nitrogen and oxygen atoms in total. The average molecular weight is 244 g/mol. The highest BCUT2D eigenvalue weighted by Gasteiger charge is 2.10. The zero-order valence-electron chi connectivity index (χ0n) is 6.30. The molecule has 0 aliphatic heterocycles. The van der Waals surface area contributed by atoms with Crippen molar-refractivity contribution in [2.45, 2.75) is 12.8 Å². The fourth-order valence-electron chi connectivity index (χ4n) is 0.895. The van der Waals surface area contributed by atoms with Gasteiger partial charge in [-0.25, -0.2) is 0 Å². The smallest absolute Gasteiger partial charge is 0.0640 e. The highest BCUT2D eigenvalue weighted by atomic mass is 35.5. The molecule has 1 aromatic rings. The second kappa shape index (κ2) is 4.06. The summed E-state index contributed by atoms with van der Waals surface area (Å²) in [7, 11) is 0. The van der Waals surface area contributed by atoms with Crippen molar-refractivity contribution >= 4 is 46.4 Å². The van der Waals surface area contributed by atoms with E-state index in [1.807, 2.05) is 6.92 Å². The van der Waals surface area contributed by atoms with Crippen molar-refractivity contribution in [1.82, 2.24) is 0 Å². The summed E-state index contributed by atoms with van der Waals surface area (Å²) in [5.74, 6) is 0.324. The van der Waals surface area contributed by atoms with Crippen LogP contribution in [0.15, 0.2) is 6.07 Å². The summed E-state index contributed by atoms with van der Waals surface area (Å²) >= 11 is 23.2. The minimum absolute atomic E-state index is 0.324. The standard InChI is InChI=1S/C8H6Cl4/c1-4-5(3-9)8(12)7(11)2-6(4)10/h2H,3H2,1H3. The van der Waals surface area contributed by atoms with Gasteiger partial charge in [-0.2, -0.15) is 0 Å². The SMILES string of the molecule is Cc1c(Cl)cc(Cl)c(Cl)c1CCl. The summed E-state index contributed by atoms with van der Waals surface area (Å²) in [6, 6.07) is 1.62. The largest absolute Gasteiger partial charge is 0.121 e. The Morgan fingerprint density at radius 2 is 1.75 bits per heavy atom. The Morgan fingerprint density at radius 1 is 1.17 bits per heavy atom. The van der Waals surface area contributed by atoms with Crippen molar-refractivity contribution in [3.63, 3.8) is 0 Å². The van der Waals surface area contributed by atoms with E-state index in [1.54, 1.807) is 6.07 Å². The van der Waals surface area contributed by atoms with Crippen LogP contribution < -0.4 is 0 Å². The second-order valence-electron chi connectivity index (χ2n) is 2.39. The van der Waals surface area contributed by atoms with Crippen molar-refractivity contribution < 1.29 is 0 Å². The predicted octanol–water partition coefficient (Wildman–Crippen LogP) is 4.69. The number of hydrogen-bond acceptors (Lipinski definition) is 0. The monoisotopic (exact) mass is 242 g/mol. The van der Waals surface area contributed by atoms with Gasteiger partial charge < -0.3 is 0 Å². The van der Waals surface area contributed by atoms with Crippen LogP contribution in [0.4, 0.5) is 0 Å². The van der Waals surface area contributed by atoms with E-state index in [9.17, 15) is 0 Å². The average Bonchev–Trinajstić information content (AvgIpc) is 2.02. The molecule has 0 aromatic heterocycles. The lowest BCUT2D eigenvalue weighted by atomic mass is 10.1. The van der Waals surface area contributed by atoms with Crippen LogP contribution in [0.1, 0.15) is 11.1 Å². The maximum Gasteiger partial charge on any atom is 0.0640 e. The number of rotatable bonds is 1. The molecule has 66 valence electrons. The van der Waals surface area contributed by atoms with E-state index in [-0.39, 0.29) is 0 Å². The zero-order valence-corrected chi connectivity index (χ0v) is 9.32. The summed E-state index contributed by atoms with van der Waals surface area (Å²) in [4.78, 5) is 0. The lowest BCUT2D eigenvalue weighted by Gasteiger charge is -2.08. The predicted molar refractivity (Wildman–Crippen MR) is 55.8 cm³/mol. The zero-order chi connectivity index (χ0) is 9.30. The Balaban J connectivity index is 3.42. The first-order valence-corrected chi connectivity index (χ1v) is 4.93. The third-order valence-electron chi connectivity index (χ3n) is 1.67. The van der Waals surface area contributed by atoms with E-state index in [2.05, 4.69) is 0 Å². The molecule has 0 N–H and O–H groups in total. The van der Waals surface area contributed by atoms with Crippen LogP contribution in [0.2, 0.25) is 15.1 Å². The molecule has 0 fully saturated rings. The maximum atomic E-state index is 5.90. The summed E-state index contributed by atoms with van der Waals surface area (Å²) in [5.41, 5.74) is 1.69. The van der Waals surface area contributed by atoms with E-state index in [0.29, 0.717) is 20.9 Å². The van der Waals surface area contributed by atoms with Crippen molar-refractivity contribution in [2.75, 3.05) is 0 Å². The minimum atomic E-state index is 0.324. The third kappa shape index (κ3) is 1.82. The summed E-state index contributed by atoms with van der Waals surface area (Å²) < 4.78 is 0. The molecule has 0 atom stereocenters. The minimum Gasteiger partial charge on any atom is -0.121 e. The van der Waals surface area contributed by atoms with E-state index in [1.165, 1.54) is 0 Å². The molecule has 0 radical (unpaired) electrons. The third-order valence-corrected chi connectivity index (χ3v) is 3.16. The van der Waals surface area contributed by atoms with Gasteiger partial charge in [-0.3, -0.25) is 0 Å². The molecule has 1 rings (SSSR count). The molecule has 12 heavy (non-hydrogen) atoms. The van der Waals surface area contributed by atoms with Crippen LogP contribution in [-0.2, 0) is 5.88 Å². The Hall–Kier alpha value is 0.380. The van der Waals surface area contributed by atoms with Gasteiger partial charge in [-0.1, -0.05) is 34.8 Å². The van der Waals surface area contributed by atoms with Crippen LogP contribution in [0.3, 0.4) is 0 Å². The van der Waals surface area contributed by atoms with E-state index < -0.39 is 0 Å². The van der Waals surface area contributed by atoms with Gasteiger partial charge in [0.1, 0.15) is 0 Å². The quantitative estimate of drug-likeness (QED) is 0.496. The fourth-order valence-corrected chi connectivity index (χ4v) is 2.06. The molecule has 1 aromatic carbocycles. The number of alkyl halides is 1. The van der Waals surface area contributed by atoms with Gasteiger partial charge >= 0.3 is 0 Å². The van der Waals surface area contributed by atoms with Gasteiger partial charge in [0.2, 0.25) is 0 Å². The highest BCUT2D eigenvalue weighted by Crippen LogP contribution is 2.34. The van der Waals surface area contributed by atoms with Crippen LogP contribution in [0, 0.1) is 6.92 Å². The van der Waals surface area contributed by atoms with Gasteiger partial charge in [0.15, 0.2) is 0 Å². The molecule has 0 aliphatic rings. The first-order valence-electron chi connectivity index (χ1n) is 3.27. The Morgan fingerprint density at radius 3 is 2.25 bits per heavy atom. The van der Waals surface area contributed by atoms with E-state index >= 15 is 0 Å². The summed E-state index contributed by atoms with van der Waals surface area (Å²) in [6.07, 6.45) is 0. The summed E-state index contributed by atoms with van der Waals surface area (Å²) in [5, 5.41) is 1.54.